The Labute approximate surface area is 143 Å². The van der Waals surface area contributed by atoms with Gasteiger partial charge in [-0.25, -0.2) is 9.37 Å². The van der Waals surface area contributed by atoms with E-state index in [1.54, 1.807) is 6.92 Å². The predicted octanol–water partition coefficient (Wildman–Crippen LogP) is 3.47. The third-order valence-corrected chi connectivity index (χ3v) is 5.02. The number of rotatable bonds is 3. The zero-order valence-electron chi connectivity index (χ0n) is 13.3. The molecule has 1 aromatic heterocycles. The Morgan fingerprint density at radius 3 is 2.50 bits per heavy atom. The smallest absolute Gasteiger partial charge is 0.265 e. The minimum Gasteiger partial charge on any atom is -0.338 e. The maximum atomic E-state index is 12.9. The van der Waals surface area contributed by atoms with Gasteiger partial charge in [-0.1, -0.05) is 11.3 Å². The fraction of sp³-hybridized carbons (Fsp3) is 0.353. The summed E-state index contributed by atoms with van der Waals surface area (Å²) in [4.78, 5) is 31.4. The zero-order valence-corrected chi connectivity index (χ0v) is 14.2. The van der Waals surface area contributed by atoms with Gasteiger partial charge in [-0.05, 0) is 50.5 Å². The van der Waals surface area contributed by atoms with Crippen LogP contribution in [0.25, 0.3) is 0 Å². The van der Waals surface area contributed by atoms with Gasteiger partial charge in [-0.2, -0.15) is 0 Å². The zero-order chi connectivity index (χ0) is 17.1. The maximum Gasteiger partial charge on any atom is 0.265 e. The first-order valence-corrected chi connectivity index (χ1v) is 8.70. The number of piperidine rings is 1. The first-order valence-electron chi connectivity index (χ1n) is 7.88. The van der Waals surface area contributed by atoms with E-state index in [4.69, 9.17) is 0 Å². The average Bonchev–Trinajstić information content (AvgIpc) is 2.95. The van der Waals surface area contributed by atoms with Crippen LogP contribution in [0.3, 0.4) is 0 Å². The van der Waals surface area contributed by atoms with Gasteiger partial charge in [0.2, 0.25) is 0 Å². The van der Waals surface area contributed by atoms with Crippen molar-refractivity contribution in [1.82, 2.24) is 9.88 Å². The number of carbonyl (C=O) groups excluding carboxylic acids is 2. The van der Waals surface area contributed by atoms with Crippen LogP contribution in [0.1, 0.15) is 45.0 Å². The molecule has 5 nitrogen and oxygen atoms in total. The Hall–Kier alpha value is -2.28. The maximum absolute atomic E-state index is 12.9. The van der Waals surface area contributed by atoms with Crippen LogP contribution < -0.4 is 5.32 Å². The second-order valence-corrected chi connectivity index (χ2v) is 6.75. The molecule has 0 unspecified atom stereocenters. The van der Waals surface area contributed by atoms with E-state index >= 15 is 0 Å². The summed E-state index contributed by atoms with van der Waals surface area (Å²) in [5, 5.41) is 3.05. The van der Waals surface area contributed by atoms with Crippen molar-refractivity contribution in [3.63, 3.8) is 0 Å². The molecule has 1 N–H and O–H groups in total. The Balaban J connectivity index is 1.72. The van der Waals surface area contributed by atoms with Crippen molar-refractivity contribution in [3.8, 4) is 0 Å². The summed E-state index contributed by atoms with van der Waals surface area (Å²) >= 11 is 1.18. The molecule has 1 fully saturated rings. The normalized spacial score (nSPS) is 14.5. The second-order valence-electron chi connectivity index (χ2n) is 5.75. The number of anilines is 1. The summed E-state index contributed by atoms with van der Waals surface area (Å²) in [6.07, 6.45) is 3.21. The molecule has 0 radical (unpaired) electrons. The van der Waals surface area contributed by atoms with Crippen LogP contribution in [0.5, 0.6) is 0 Å². The largest absolute Gasteiger partial charge is 0.338 e. The summed E-state index contributed by atoms with van der Waals surface area (Å²) in [5.74, 6) is -0.793. The van der Waals surface area contributed by atoms with E-state index in [9.17, 15) is 14.0 Å². The molecule has 7 heteroatoms. The number of amides is 2. The van der Waals surface area contributed by atoms with E-state index in [0.29, 0.717) is 21.3 Å². The van der Waals surface area contributed by atoms with Gasteiger partial charge >= 0.3 is 0 Å². The molecule has 0 atom stereocenters. The van der Waals surface area contributed by atoms with Crippen LogP contribution in [0.2, 0.25) is 0 Å². The van der Waals surface area contributed by atoms with Gasteiger partial charge in [-0.3, -0.25) is 14.9 Å². The number of thiazole rings is 1. The van der Waals surface area contributed by atoms with Gasteiger partial charge in [-0.15, -0.1) is 0 Å². The summed E-state index contributed by atoms with van der Waals surface area (Å²) in [6, 6.07) is 5.27. The van der Waals surface area contributed by atoms with E-state index in [0.717, 1.165) is 32.4 Å². The summed E-state index contributed by atoms with van der Waals surface area (Å²) in [6.45, 7) is 3.31. The number of hydrogen-bond acceptors (Lipinski definition) is 4. The first kappa shape index (κ1) is 16.6. The molecule has 0 bridgehead atoms. The number of nitrogens with one attached hydrogen (secondary N) is 1. The Kier molecular flexibility index (Phi) is 4.89. The van der Waals surface area contributed by atoms with Gasteiger partial charge < -0.3 is 4.90 Å². The van der Waals surface area contributed by atoms with Crippen molar-refractivity contribution in [3.05, 3.63) is 46.2 Å². The van der Waals surface area contributed by atoms with Crippen molar-refractivity contribution in [2.45, 2.75) is 26.2 Å². The third-order valence-electron chi connectivity index (χ3n) is 3.96. The Bertz CT molecular complexity index is 752. The first-order chi connectivity index (χ1) is 11.5. The number of aryl methyl sites for hydroxylation is 1. The number of halogens is 1. The van der Waals surface area contributed by atoms with Crippen molar-refractivity contribution in [1.29, 1.82) is 0 Å². The molecule has 1 saturated heterocycles. The lowest BCUT2D eigenvalue weighted by Crippen LogP contribution is -2.35. The van der Waals surface area contributed by atoms with Crippen LogP contribution in [-0.2, 0) is 0 Å². The number of nitrogens with zero attached hydrogens (tertiary/aromatic N) is 2. The van der Waals surface area contributed by atoms with Crippen molar-refractivity contribution >= 4 is 28.3 Å². The highest BCUT2D eigenvalue weighted by atomic mass is 32.1. The topological polar surface area (TPSA) is 62.3 Å². The van der Waals surface area contributed by atoms with E-state index in [1.165, 1.54) is 35.6 Å². The van der Waals surface area contributed by atoms with Crippen LogP contribution in [0.15, 0.2) is 24.3 Å². The highest BCUT2D eigenvalue weighted by Crippen LogP contribution is 2.25. The Morgan fingerprint density at radius 1 is 1.17 bits per heavy atom. The monoisotopic (exact) mass is 347 g/mol. The molecule has 0 spiro atoms. The standard InChI is InChI=1S/C17H18FN3O2S/c1-11-14(16(23)21-9-3-2-4-10-21)24-17(19-11)20-15(22)12-5-7-13(18)8-6-12/h5-8H,2-4,9-10H2,1H3,(H,19,20,22). The summed E-state index contributed by atoms with van der Waals surface area (Å²) in [5.41, 5.74) is 0.957. The van der Waals surface area contributed by atoms with E-state index in [1.807, 2.05) is 4.90 Å². The molecule has 0 saturated carbocycles. The second kappa shape index (κ2) is 7.09. The molecular formula is C17H18FN3O2S. The third kappa shape index (κ3) is 3.62. The molecule has 1 aromatic carbocycles. The molecule has 24 heavy (non-hydrogen) atoms. The van der Waals surface area contributed by atoms with E-state index in [-0.39, 0.29) is 11.8 Å². The van der Waals surface area contributed by atoms with Crippen molar-refractivity contribution in [2.24, 2.45) is 0 Å². The van der Waals surface area contributed by atoms with Gasteiger partial charge in [0.25, 0.3) is 11.8 Å². The van der Waals surface area contributed by atoms with Gasteiger partial charge in [0.05, 0.1) is 5.69 Å². The number of aromatic nitrogens is 1. The predicted molar refractivity (Wildman–Crippen MR) is 91.0 cm³/mol. The van der Waals surface area contributed by atoms with E-state index < -0.39 is 5.82 Å². The highest BCUT2D eigenvalue weighted by molar-refractivity contribution is 7.17. The van der Waals surface area contributed by atoms with Crippen LogP contribution >= 0.6 is 11.3 Å². The lowest BCUT2D eigenvalue weighted by atomic mass is 10.1. The Morgan fingerprint density at radius 2 is 1.83 bits per heavy atom. The number of hydrogen-bond donors (Lipinski definition) is 1. The van der Waals surface area contributed by atoms with Crippen LogP contribution in [-0.4, -0.2) is 34.8 Å². The molecule has 1 aliphatic heterocycles. The SMILES string of the molecule is Cc1nc(NC(=O)c2ccc(F)cc2)sc1C(=O)N1CCCCC1. The van der Waals surface area contributed by atoms with Crippen LogP contribution in [0.4, 0.5) is 9.52 Å². The van der Waals surface area contributed by atoms with Gasteiger partial charge in [0, 0.05) is 18.7 Å². The molecule has 3 rings (SSSR count). The number of likely N-dealkylation sites (tertiary alicyclic amines) is 1. The molecule has 126 valence electrons. The molecule has 2 amide bonds. The number of benzene rings is 1. The fourth-order valence-corrected chi connectivity index (χ4v) is 3.59. The molecule has 2 aromatic rings. The average molecular weight is 347 g/mol. The minimum absolute atomic E-state index is 0.0213. The van der Waals surface area contributed by atoms with Crippen molar-refractivity contribution in [2.75, 3.05) is 18.4 Å². The van der Waals surface area contributed by atoms with E-state index in [2.05, 4.69) is 10.3 Å². The summed E-state index contributed by atoms with van der Waals surface area (Å²) < 4.78 is 12.9. The molecule has 1 aliphatic rings. The van der Waals surface area contributed by atoms with Gasteiger partial charge in [0.15, 0.2) is 5.13 Å². The van der Waals surface area contributed by atoms with Gasteiger partial charge in [0.1, 0.15) is 10.7 Å². The lowest BCUT2D eigenvalue weighted by Gasteiger charge is -2.26. The lowest BCUT2D eigenvalue weighted by molar-refractivity contribution is 0.0728. The summed E-state index contributed by atoms with van der Waals surface area (Å²) in [7, 11) is 0. The quantitative estimate of drug-likeness (QED) is 0.925. The molecule has 0 aliphatic carbocycles. The van der Waals surface area contributed by atoms with Crippen molar-refractivity contribution < 1.29 is 14.0 Å². The van der Waals surface area contributed by atoms with Crippen LogP contribution in [0, 0.1) is 12.7 Å². The molecule has 2 heterocycles. The molecular weight excluding hydrogens is 329 g/mol. The minimum atomic E-state index is -0.397. The fourth-order valence-electron chi connectivity index (χ4n) is 2.66. The number of carbonyl (C=O) groups is 2. The highest BCUT2D eigenvalue weighted by Gasteiger charge is 2.23.